The number of hydrogen-bond acceptors (Lipinski definition) is 7. The summed E-state index contributed by atoms with van der Waals surface area (Å²) in [5.74, 6) is 0.657. The summed E-state index contributed by atoms with van der Waals surface area (Å²) in [5, 5.41) is 32.1. The van der Waals surface area contributed by atoms with Crippen LogP contribution in [0.2, 0.25) is 0 Å². The Hall–Kier alpha value is -11.6. The molecule has 0 N–H and O–H groups in total. The van der Waals surface area contributed by atoms with Crippen LogP contribution in [0.15, 0.2) is 279 Å². The van der Waals surface area contributed by atoms with E-state index in [0.29, 0.717) is 22.5 Å². The molecule has 0 amide bonds. The van der Waals surface area contributed by atoms with Crippen molar-refractivity contribution >= 4 is 55.9 Å². The summed E-state index contributed by atoms with van der Waals surface area (Å²) in [7, 11) is 0. The van der Waals surface area contributed by atoms with Crippen molar-refractivity contribution in [1.82, 2.24) is 14.5 Å². The lowest BCUT2D eigenvalue weighted by Crippen LogP contribution is -2.10. The smallest absolute Gasteiger partial charge is 0.160 e. The molecule has 0 atom stereocenters. The summed E-state index contributed by atoms with van der Waals surface area (Å²) in [5.41, 5.74) is 18.8. The van der Waals surface area contributed by atoms with Gasteiger partial charge in [-0.2, -0.15) is 15.8 Å². The molecule has 8 nitrogen and oxygen atoms in total. The van der Waals surface area contributed by atoms with E-state index < -0.39 is 0 Å². The molecular weight excluding hydrogens is 989 g/mol. The third kappa shape index (κ3) is 9.57. The molecule has 378 valence electrons. The van der Waals surface area contributed by atoms with E-state index in [1.807, 2.05) is 152 Å². The monoisotopic (exact) mass is 1030 g/mol. The zero-order valence-corrected chi connectivity index (χ0v) is 43.6. The lowest BCUT2D eigenvalue weighted by molar-refractivity contribution is 1.18. The summed E-state index contributed by atoms with van der Waals surface area (Å²) >= 11 is 0. The second-order valence-corrected chi connectivity index (χ2v) is 19.6. The van der Waals surface area contributed by atoms with Crippen molar-refractivity contribution in [3.8, 4) is 80.1 Å². The van der Waals surface area contributed by atoms with Crippen molar-refractivity contribution in [3.63, 3.8) is 0 Å². The average molecular weight is 1040 g/mol. The molecular formula is C73H46N8. The number of fused-ring (bicyclic) bond motifs is 3. The van der Waals surface area contributed by atoms with Gasteiger partial charge in [0.2, 0.25) is 0 Å². The molecule has 2 aromatic heterocycles. The fourth-order valence-corrected chi connectivity index (χ4v) is 10.7. The van der Waals surface area contributed by atoms with E-state index in [9.17, 15) is 15.8 Å². The van der Waals surface area contributed by atoms with E-state index in [0.717, 1.165) is 112 Å². The highest BCUT2D eigenvalue weighted by atomic mass is 15.1. The minimum Gasteiger partial charge on any atom is -0.310 e. The third-order valence-corrected chi connectivity index (χ3v) is 14.7. The van der Waals surface area contributed by atoms with E-state index in [1.165, 1.54) is 0 Å². The molecule has 13 aromatic rings. The standard InChI is InChI=1S/C73H46N8/c74-47-50-21-32-61(33-22-50)79(59-17-9-3-10-18-59)64-38-41-71-67(44-64)68-45-65(80(60-19-11-4-12-20-60)62-34-23-51(48-75)24-35-62)39-42-72(68)81(71)63-36-29-52(30-37-63)57-31-40-66(58(43-57)49-76)53-25-27-55(28-26-53)70-46-69(54-13-5-1-6-14-54)77-73(78-70)56-15-7-2-8-16-56/h1-46H. The van der Waals surface area contributed by atoms with Gasteiger partial charge in [0.25, 0.3) is 0 Å². The van der Waals surface area contributed by atoms with Gasteiger partial charge in [-0.15, -0.1) is 0 Å². The molecule has 0 bridgehead atoms. The fourth-order valence-electron chi connectivity index (χ4n) is 10.7. The van der Waals surface area contributed by atoms with Crippen LogP contribution in [0.3, 0.4) is 0 Å². The van der Waals surface area contributed by atoms with Gasteiger partial charge < -0.3 is 14.4 Å². The van der Waals surface area contributed by atoms with Crippen LogP contribution >= 0.6 is 0 Å². The summed E-state index contributed by atoms with van der Waals surface area (Å²) in [6.45, 7) is 0. The summed E-state index contributed by atoms with van der Waals surface area (Å²) < 4.78 is 2.31. The first kappa shape index (κ1) is 49.0. The molecule has 0 fully saturated rings. The summed E-state index contributed by atoms with van der Waals surface area (Å²) in [6, 6.07) is 101. The second-order valence-electron chi connectivity index (χ2n) is 19.6. The third-order valence-electron chi connectivity index (χ3n) is 14.7. The van der Waals surface area contributed by atoms with Gasteiger partial charge in [-0.1, -0.05) is 146 Å². The maximum absolute atomic E-state index is 10.6. The van der Waals surface area contributed by atoms with Gasteiger partial charge in [0.05, 0.1) is 57.3 Å². The van der Waals surface area contributed by atoms with Crippen molar-refractivity contribution in [2.24, 2.45) is 0 Å². The topological polar surface area (TPSA) is 109 Å². The zero-order valence-electron chi connectivity index (χ0n) is 43.6. The Morgan fingerprint density at radius 1 is 0.309 bits per heavy atom. The van der Waals surface area contributed by atoms with E-state index in [1.54, 1.807) is 0 Å². The number of benzene rings is 11. The summed E-state index contributed by atoms with van der Waals surface area (Å²) in [6.07, 6.45) is 0. The Morgan fingerprint density at radius 2 is 0.716 bits per heavy atom. The van der Waals surface area contributed by atoms with Gasteiger partial charge in [-0.25, -0.2) is 9.97 Å². The minimum absolute atomic E-state index is 0.578. The molecule has 0 radical (unpaired) electrons. The second kappa shape index (κ2) is 21.4. The first-order valence-corrected chi connectivity index (χ1v) is 26.5. The number of para-hydroxylation sites is 2. The van der Waals surface area contributed by atoms with Gasteiger partial charge in [-0.05, 0) is 156 Å². The number of hydrogen-bond donors (Lipinski definition) is 0. The SMILES string of the molecule is N#Cc1ccc(N(c2ccccc2)c2ccc3c(c2)c2cc(N(c4ccccc4)c4ccc(C#N)cc4)ccc2n3-c2ccc(-c3ccc(-c4ccc(-c5cc(-c6ccccc6)nc(-c6ccccc6)n5)cc4)c(C#N)c3)cc2)cc1. The van der Waals surface area contributed by atoms with Gasteiger partial charge >= 0.3 is 0 Å². The minimum atomic E-state index is 0.578. The van der Waals surface area contributed by atoms with Crippen LogP contribution in [0.25, 0.3) is 83.6 Å². The Balaban J connectivity index is 0.875. The highest BCUT2D eigenvalue weighted by molar-refractivity contribution is 6.12. The molecule has 2 heterocycles. The Bertz CT molecular complexity index is 4340. The molecule has 0 aliphatic carbocycles. The van der Waals surface area contributed by atoms with Gasteiger partial charge in [0.1, 0.15) is 0 Å². The van der Waals surface area contributed by atoms with Gasteiger partial charge in [0.15, 0.2) is 5.82 Å². The van der Waals surface area contributed by atoms with Crippen LogP contribution in [0.5, 0.6) is 0 Å². The predicted molar refractivity (Wildman–Crippen MR) is 327 cm³/mol. The Kier molecular flexibility index (Phi) is 12.9. The van der Waals surface area contributed by atoms with Gasteiger partial charge in [0, 0.05) is 67.3 Å². The van der Waals surface area contributed by atoms with Crippen LogP contribution in [-0.4, -0.2) is 14.5 Å². The van der Waals surface area contributed by atoms with Crippen molar-refractivity contribution < 1.29 is 0 Å². The predicted octanol–water partition coefficient (Wildman–Crippen LogP) is 18.5. The normalized spacial score (nSPS) is 10.9. The van der Waals surface area contributed by atoms with E-state index in [-0.39, 0.29) is 0 Å². The van der Waals surface area contributed by atoms with Crippen molar-refractivity contribution in [3.05, 3.63) is 296 Å². The van der Waals surface area contributed by atoms with Crippen LogP contribution in [-0.2, 0) is 0 Å². The molecule has 8 heteroatoms. The maximum Gasteiger partial charge on any atom is 0.160 e. The van der Waals surface area contributed by atoms with Crippen LogP contribution in [0, 0.1) is 34.0 Å². The molecule has 0 aliphatic rings. The first-order valence-electron chi connectivity index (χ1n) is 26.5. The first-order chi connectivity index (χ1) is 40.0. The molecule has 0 unspecified atom stereocenters. The number of aromatic nitrogens is 3. The van der Waals surface area contributed by atoms with Crippen molar-refractivity contribution in [2.45, 2.75) is 0 Å². The Morgan fingerprint density at radius 3 is 1.20 bits per heavy atom. The largest absolute Gasteiger partial charge is 0.310 e. The number of anilines is 6. The van der Waals surface area contributed by atoms with E-state index in [2.05, 4.69) is 160 Å². The van der Waals surface area contributed by atoms with Crippen LogP contribution < -0.4 is 9.80 Å². The van der Waals surface area contributed by atoms with E-state index >= 15 is 0 Å². The molecule has 81 heavy (non-hydrogen) atoms. The molecule has 0 spiro atoms. The summed E-state index contributed by atoms with van der Waals surface area (Å²) in [4.78, 5) is 14.4. The highest BCUT2D eigenvalue weighted by Crippen LogP contribution is 2.43. The van der Waals surface area contributed by atoms with Gasteiger partial charge in [-0.3, -0.25) is 0 Å². The van der Waals surface area contributed by atoms with Crippen LogP contribution in [0.4, 0.5) is 34.1 Å². The Labute approximate surface area is 469 Å². The molecule has 11 aromatic carbocycles. The fraction of sp³-hybridized carbons (Fsp3) is 0. The molecule has 0 aliphatic heterocycles. The highest BCUT2D eigenvalue weighted by Gasteiger charge is 2.21. The quantitative estimate of drug-likeness (QED) is 0.120. The van der Waals surface area contributed by atoms with E-state index in [4.69, 9.17) is 9.97 Å². The molecule has 13 rings (SSSR count). The lowest BCUT2D eigenvalue weighted by Gasteiger charge is -2.26. The zero-order chi connectivity index (χ0) is 54.7. The van der Waals surface area contributed by atoms with Crippen LogP contribution in [0.1, 0.15) is 16.7 Å². The molecule has 0 saturated heterocycles. The number of rotatable bonds is 12. The molecule has 0 saturated carbocycles. The average Bonchev–Trinajstić information content (AvgIpc) is 3.87. The number of nitrogens with zero attached hydrogens (tertiary/aromatic N) is 8. The van der Waals surface area contributed by atoms with Crippen molar-refractivity contribution in [1.29, 1.82) is 15.8 Å². The maximum atomic E-state index is 10.6. The van der Waals surface area contributed by atoms with Crippen molar-refractivity contribution in [2.75, 3.05) is 9.80 Å². The lowest BCUT2D eigenvalue weighted by atomic mass is 9.94. The number of nitriles is 3.